The highest BCUT2D eigenvalue weighted by Gasteiger charge is 2.01. The quantitative estimate of drug-likeness (QED) is 0.720. The van der Waals surface area contributed by atoms with Gasteiger partial charge in [0.2, 0.25) is 0 Å². The summed E-state index contributed by atoms with van der Waals surface area (Å²) in [5, 5.41) is 8.34. The van der Waals surface area contributed by atoms with E-state index in [1.54, 1.807) is 6.07 Å². The highest BCUT2D eigenvalue weighted by molar-refractivity contribution is 6.30. The van der Waals surface area contributed by atoms with Crippen LogP contribution in [-0.2, 0) is 0 Å². The molecule has 1 rings (SSSR count). The van der Waals surface area contributed by atoms with Gasteiger partial charge in [-0.2, -0.15) is 5.26 Å². The van der Waals surface area contributed by atoms with Crippen molar-refractivity contribution in [3.8, 4) is 11.8 Å². The third-order valence-corrected chi connectivity index (χ3v) is 1.90. The molecule has 0 saturated carbocycles. The first-order valence-corrected chi connectivity index (χ1v) is 4.56. The molecule has 1 aromatic carbocycles. The molecule has 0 bridgehead atoms. The van der Waals surface area contributed by atoms with Crippen molar-refractivity contribution in [2.45, 2.75) is 12.8 Å². The van der Waals surface area contributed by atoms with Crippen molar-refractivity contribution >= 4 is 11.6 Å². The van der Waals surface area contributed by atoms with Gasteiger partial charge < -0.3 is 4.74 Å². The summed E-state index contributed by atoms with van der Waals surface area (Å²) in [5.41, 5.74) is 0. The molecule has 0 fully saturated rings. The van der Waals surface area contributed by atoms with E-state index < -0.39 is 5.82 Å². The van der Waals surface area contributed by atoms with Gasteiger partial charge in [0, 0.05) is 12.5 Å². The van der Waals surface area contributed by atoms with E-state index in [0.717, 1.165) is 0 Å². The maximum atomic E-state index is 12.9. The second-order valence-corrected chi connectivity index (χ2v) is 3.09. The van der Waals surface area contributed by atoms with Crippen molar-refractivity contribution in [1.29, 1.82) is 5.26 Å². The normalized spacial score (nSPS) is 9.50. The molecule has 2 nitrogen and oxygen atoms in total. The number of unbranched alkanes of at least 4 members (excludes halogenated alkanes) is 1. The fourth-order valence-electron chi connectivity index (χ4n) is 0.908. The maximum Gasteiger partial charge on any atom is 0.145 e. The van der Waals surface area contributed by atoms with E-state index in [2.05, 4.69) is 0 Å². The van der Waals surface area contributed by atoms with E-state index in [0.29, 0.717) is 25.2 Å². The first kappa shape index (κ1) is 10.8. The number of benzene rings is 1. The summed E-state index contributed by atoms with van der Waals surface area (Å²) < 4.78 is 18.1. The Kier molecular flexibility index (Phi) is 4.21. The molecule has 74 valence electrons. The fraction of sp³-hybridized carbons (Fsp3) is 0.300. The first-order valence-electron chi connectivity index (χ1n) is 4.19. The largest absolute Gasteiger partial charge is 0.493 e. The van der Waals surface area contributed by atoms with Crippen LogP contribution in [0.2, 0.25) is 5.02 Å². The molecule has 0 unspecified atom stereocenters. The lowest BCUT2D eigenvalue weighted by atomic mass is 10.3. The maximum absolute atomic E-state index is 12.9. The van der Waals surface area contributed by atoms with Crippen LogP contribution in [-0.4, -0.2) is 6.61 Å². The summed E-state index contributed by atoms with van der Waals surface area (Å²) in [6.45, 7) is 0.411. The Bertz CT molecular complexity index is 348. The second-order valence-electron chi connectivity index (χ2n) is 2.69. The molecule has 0 amide bonds. The molecule has 4 heteroatoms. The Morgan fingerprint density at radius 2 is 2.29 bits per heavy atom. The Hall–Kier alpha value is -1.27. The van der Waals surface area contributed by atoms with Crippen LogP contribution in [0.25, 0.3) is 0 Å². The SMILES string of the molecule is N#CCCCOc1ccc(Cl)c(F)c1. The van der Waals surface area contributed by atoms with Gasteiger partial charge in [0.15, 0.2) is 0 Å². The number of halogens is 2. The molecule has 0 spiro atoms. The molecule has 14 heavy (non-hydrogen) atoms. The summed E-state index contributed by atoms with van der Waals surface area (Å²) in [7, 11) is 0. The van der Waals surface area contributed by atoms with Crippen LogP contribution in [0.4, 0.5) is 4.39 Å². The average molecular weight is 214 g/mol. The van der Waals surface area contributed by atoms with Gasteiger partial charge in [-0.1, -0.05) is 11.6 Å². The predicted octanol–water partition coefficient (Wildman–Crippen LogP) is 3.16. The number of rotatable bonds is 4. The Morgan fingerprint density at radius 3 is 2.93 bits per heavy atom. The van der Waals surface area contributed by atoms with Gasteiger partial charge in [-0.3, -0.25) is 0 Å². The topological polar surface area (TPSA) is 33.0 Å². The van der Waals surface area contributed by atoms with E-state index >= 15 is 0 Å². The summed E-state index contributed by atoms with van der Waals surface area (Å²) in [5.74, 6) is -0.0608. The van der Waals surface area contributed by atoms with Gasteiger partial charge in [0.25, 0.3) is 0 Å². The van der Waals surface area contributed by atoms with Crippen LogP contribution in [0.15, 0.2) is 18.2 Å². The van der Waals surface area contributed by atoms with Crippen LogP contribution < -0.4 is 4.74 Å². The molecule has 0 aromatic heterocycles. The molecule has 1 aromatic rings. The van der Waals surface area contributed by atoms with Crippen LogP contribution in [0, 0.1) is 17.1 Å². The molecule has 0 radical (unpaired) electrons. The van der Waals surface area contributed by atoms with Crippen molar-refractivity contribution in [2.75, 3.05) is 6.61 Å². The van der Waals surface area contributed by atoms with E-state index in [4.69, 9.17) is 21.6 Å². The minimum Gasteiger partial charge on any atom is -0.493 e. The fourth-order valence-corrected chi connectivity index (χ4v) is 1.03. The van der Waals surface area contributed by atoms with Gasteiger partial charge in [0.1, 0.15) is 11.6 Å². The van der Waals surface area contributed by atoms with E-state index in [1.165, 1.54) is 12.1 Å². The van der Waals surface area contributed by atoms with Crippen LogP contribution in [0.3, 0.4) is 0 Å². The number of hydrogen-bond donors (Lipinski definition) is 0. The molecule has 0 aliphatic rings. The van der Waals surface area contributed by atoms with Crippen LogP contribution >= 0.6 is 11.6 Å². The van der Waals surface area contributed by atoms with E-state index in [9.17, 15) is 4.39 Å². The van der Waals surface area contributed by atoms with Crippen molar-refractivity contribution in [1.82, 2.24) is 0 Å². The van der Waals surface area contributed by atoms with Gasteiger partial charge >= 0.3 is 0 Å². The molecule has 0 aliphatic heterocycles. The van der Waals surface area contributed by atoms with Crippen LogP contribution in [0.1, 0.15) is 12.8 Å². The minimum atomic E-state index is -0.496. The lowest BCUT2D eigenvalue weighted by molar-refractivity contribution is 0.311. The van der Waals surface area contributed by atoms with Crippen molar-refractivity contribution in [3.05, 3.63) is 29.0 Å². The van der Waals surface area contributed by atoms with Crippen molar-refractivity contribution in [2.24, 2.45) is 0 Å². The number of nitrogens with zero attached hydrogens (tertiary/aromatic N) is 1. The minimum absolute atomic E-state index is 0.0781. The number of nitriles is 1. The van der Waals surface area contributed by atoms with Gasteiger partial charge in [-0.25, -0.2) is 4.39 Å². The highest BCUT2D eigenvalue weighted by atomic mass is 35.5. The monoisotopic (exact) mass is 213 g/mol. The molecule has 0 atom stereocenters. The van der Waals surface area contributed by atoms with Crippen molar-refractivity contribution < 1.29 is 9.13 Å². The molecular formula is C10H9ClFNO. The third-order valence-electron chi connectivity index (χ3n) is 1.59. The Balaban J connectivity index is 2.44. The Labute approximate surface area is 86.9 Å². The molecular weight excluding hydrogens is 205 g/mol. The van der Waals surface area contributed by atoms with E-state index in [-0.39, 0.29) is 5.02 Å². The first-order chi connectivity index (χ1) is 6.74. The van der Waals surface area contributed by atoms with Gasteiger partial charge in [-0.05, 0) is 18.6 Å². The zero-order valence-electron chi connectivity index (χ0n) is 7.46. The van der Waals surface area contributed by atoms with E-state index in [1.807, 2.05) is 6.07 Å². The van der Waals surface area contributed by atoms with Crippen molar-refractivity contribution in [3.63, 3.8) is 0 Å². The highest BCUT2D eigenvalue weighted by Crippen LogP contribution is 2.20. The number of ether oxygens (including phenoxy) is 1. The predicted molar refractivity (Wildman–Crippen MR) is 51.8 cm³/mol. The zero-order chi connectivity index (χ0) is 10.4. The molecule has 0 heterocycles. The Morgan fingerprint density at radius 1 is 1.50 bits per heavy atom. The van der Waals surface area contributed by atoms with Gasteiger partial charge in [-0.15, -0.1) is 0 Å². The summed E-state index contributed by atoms with van der Waals surface area (Å²) >= 11 is 5.49. The summed E-state index contributed by atoms with van der Waals surface area (Å²) in [4.78, 5) is 0. The molecule has 0 N–H and O–H groups in total. The summed E-state index contributed by atoms with van der Waals surface area (Å²) in [6.07, 6.45) is 1.08. The smallest absolute Gasteiger partial charge is 0.145 e. The second kappa shape index (κ2) is 5.46. The summed E-state index contributed by atoms with van der Waals surface area (Å²) in [6, 6.07) is 6.27. The van der Waals surface area contributed by atoms with Gasteiger partial charge in [0.05, 0.1) is 17.7 Å². The zero-order valence-corrected chi connectivity index (χ0v) is 8.22. The number of hydrogen-bond acceptors (Lipinski definition) is 2. The third kappa shape index (κ3) is 3.23. The lowest BCUT2D eigenvalue weighted by Crippen LogP contribution is -1.96. The molecule has 0 aliphatic carbocycles. The standard InChI is InChI=1S/C10H9ClFNO/c11-9-4-3-8(7-10(9)12)14-6-2-1-5-13/h3-4,7H,1-2,6H2. The average Bonchev–Trinajstić information content (AvgIpc) is 2.18. The molecule has 0 saturated heterocycles. The van der Waals surface area contributed by atoms with Crippen LogP contribution in [0.5, 0.6) is 5.75 Å². The lowest BCUT2D eigenvalue weighted by Gasteiger charge is -2.04.